The zero-order valence-electron chi connectivity index (χ0n) is 19.1. The monoisotopic (exact) mass is 496 g/mol. The highest BCUT2D eigenvalue weighted by atomic mass is 19.4. The van der Waals surface area contributed by atoms with Crippen LogP contribution in [0, 0.1) is 0 Å². The second-order valence-electron chi connectivity index (χ2n) is 7.95. The Morgan fingerprint density at radius 3 is 2.53 bits per heavy atom. The lowest BCUT2D eigenvalue weighted by atomic mass is 10.1. The maximum absolute atomic E-state index is 12.9. The molecule has 10 heteroatoms. The van der Waals surface area contributed by atoms with Gasteiger partial charge in [0, 0.05) is 36.6 Å². The Kier molecular flexibility index (Phi) is 7.65. The number of benzene rings is 2. The smallest absolute Gasteiger partial charge is 0.378 e. The number of anilines is 3. The molecule has 1 fully saturated rings. The molecule has 0 radical (unpaired) electrons. The molecule has 1 aromatic heterocycles. The number of amides is 2. The van der Waals surface area contributed by atoms with Gasteiger partial charge in [0.05, 0.1) is 24.5 Å². The van der Waals surface area contributed by atoms with Crippen LogP contribution in [0.25, 0.3) is 6.08 Å². The van der Waals surface area contributed by atoms with Gasteiger partial charge in [0.1, 0.15) is 0 Å². The number of ether oxygens (including phenoxy) is 1. The van der Waals surface area contributed by atoms with Crippen molar-refractivity contribution >= 4 is 35.1 Å². The van der Waals surface area contributed by atoms with Gasteiger partial charge in [-0.3, -0.25) is 9.59 Å². The van der Waals surface area contributed by atoms with Crippen LogP contribution in [-0.2, 0) is 15.7 Å². The summed E-state index contributed by atoms with van der Waals surface area (Å²) in [4.78, 5) is 31.4. The molecular formula is C26H23F3N4O3. The number of halogens is 3. The molecule has 186 valence electrons. The SMILES string of the molecule is O=C(C=Cc1cccc(NC(=O)c2cccc(C(F)(F)F)c2)c1)Nc1cccnc1N1CCOCC1. The van der Waals surface area contributed by atoms with Gasteiger partial charge in [-0.25, -0.2) is 4.98 Å². The summed E-state index contributed by atoms with van der Waals surface area (Å²) in [6.07, 6.45) is 0.0413. The van der Waals surface area contributed by atoms with Crippen molar-refractivity contribution in [3.8, 4) is 0 Å². The van der Waals surface area contributed by atoms with Crippen molar-refractivity contribution in [2.75, 3.05) is 41.8 Å². The van der Waals surface area contributed by atoms with E-state index in [1.807, 2.05) is 4.90 Å². The molecule has 36 heavy (non-hydrogen) atoms. The molecule has 1 aliphatic rings. The molecule has 0 unspecified atom stereocenters. The number of nitrogens with zero attached hydrogens (tertiary/aromatic N) is 2. The molecule has 0 bridgehead atoms. The highest BCUT2D eigenvalue weighted by Gasteiger charge is 2.30. The predicted molar refractivity (Wildman–Crippen MR) is 131 cm³/mol. The second kappa shape index (κ2) is 11.0. The third-order valence-electron chi connectivity index (χ3n) is 5.38. The number of morpholine rings is 1. The van der Waals surface area contributed by atoms with Crippen molar-refractivity contribution < 1.29 is 27.5 Å². The van der Waals surface area contributed by atoms with Gasteiger partial charge in [0.25, 0.3) is 5.91 Å². The first kappa shape index (κ1) is 24.9. The lowest BCUT2D eigenvalue weighted by Crippen LogP contribution is -2.37. The highest BCUT2D eigenvalue weighted by molar-refractivity contribution is 6.05. The van der Waals surface area contributed by atoms with Gasteiger partial charge in [0.2, 0.25) is 5.91 Å². The fourth-order valence-corrected chi connectivity index (χ4v) is 3.63. The Bertz CT molecular complexity index is 1270. The average Bonchev–Trinajstić information content (AvgIpc) is 2.88. The molecule has 2 amide bonds. The van der Waals surface area contributed by atoms with Crippen LogP contribution >= 0.6 is 0 Å². The Hall–Kier alpha value is -4.18. The van der Waals surface area contributed by atoms with Crippen LogP contribution in [-0.4, -0.2) is 43.1 Å². The third kappa shape index (κ3) is 6.48. The van der Waals surface area contributed by atoms with Crippen LogP contribution < -0.4 is 15.5 Å². The van der Waals surface area contributed by atoms with Gasteiger partial charge in [-0.15, -0.1) is 0 Å². The van der Waals surface area contributed by atoms with E-state index in [2.05, 4.69) is 15.6 Å². The molecule has 2 heterocycles. The molecule has 2 aromatic carbocycles. The summed E-state index contributed by atoms with van der Waals surface area (Å²) < 4.78 is 44.2. The van der Waals surface area contributed by atoms with Crippen molar-refractivity contribution in [1.82, 2.24) is 4.98 Å². The minimum Gasteiger partial charge on any atom is -0.378 e. The van der Waals surface area contributed by atoms with E-state index < -0.39 is 17.6 Å². The maximum atomic E-state index is 12.9. The van der Waals surface area contributed by atoms with E-state index in [-0.39, 0.29) is 11.5 Å². The molecule has 0 spiro atoms. The Balaban J connectivity index is 1.41. The van der Waals surface area contributed by atoms with Crippen molar-refractivity contribution in [1.29, 1.82) is 0 Å². The van der Waals surface area contributed by atoms with Crippen molar-refractivity contribution in [2.45, 2.75) is 6.18 Å². The van der Waals surface area contributed by atoms with Crippen LogP contribution in [0.4, 0.5) is 30.4 Å². The number of alkyl halides is 3. The number of nitrogens with one attached hydrogen (secondary N) is 2. The fraction of sp³-hybridized carbons (Fsp3) is 0.192. The number of aromatic nitrogens is 1. The molecule has 0 aliphatic carbocycles. The quantitative estimate of drug-likeness (QED) is 0.477. The molecule has 3 aromatic rings. The number of hydrogen-bond acceptors (Lipinski definition) is 5. The van der Waals surface area contributed by atoms with Crippen LogP contribution in [0.2, 0.25) is 0 Å². The number of hydrogen-bond donors (Lipinski definition) is 2. The average molecular weight is 496 g/mol. The lowest BCUT2D eigenvalue weighted by Gasteiger charge is -2.29. The normalized spacial score (nSPS) is 14.0. The van der Waals surface area contributed by atoms with Gasteiger partial charge in [-0.2, -0.15) is 13.2 Å². The number of carbonyl (C=O) groups is 2. The van der Waals surface area contributed by atoms with Crippen LogP contribution in [0.15, 0.2) is 72.9 Å². The van der Waals surface area contributed by atoms with Gasteiger partial charge < -0.3 is 20.3 Å². The second-order valence-corrected chi connectivity index (χ2v) is 7.95. The largest absolute Gasteiger partial charge is 0.416 e. The Morgan fingerprint density at radius 2 is 1.75 bits per heavy atom. The molecule has 0 atom stereocenters. The highest BCUT2D eigenvalue weighted by Crippen LogP contribution is 2.30. The first-order valence-corrected chi connectivity index (χ1v) is 11.1. The summed E-state index contributed by atoms with van der Waals surface area (Å²) in [5, 5.41) is 5.42. The zero-order chi connectivity index (χ0) is 25.5. The number of carbonyl (C=O) groups excluding carboxylic acids is 2. The standard InChI is InChI=1S/C26H23F3N4O3/c27-26(28,29)20-6-2-5-19(17-20)25(35)31-21-7-1-4-18(16-21)9-10-23(34)32-22-8-3-11-30-24(22)33-12-14-36-15-13-33/h1-11,16-17H,12-15H2,(H,31,35)(H,32,34). The molecule has 1 aliphatic heterocycles. The summed E-state index contributed by atoms with van der Waals surface area (Å²) in [5.74, 6) is -0.370. The van der Waals surface area contributed by atoms with Crippen molar-refractivity contribution in [2.24, 2.45) is 0 Å². The van der Waals surface area contributed by atoms with E-state index >= 15 is 0 Å². The number of pyridine rings is 1. The van der Waals surface area contributed by atoms with E-state index in [4.69, 9.17) is 4.74 Å². The maximum Gasteiger partial charge on any atom is 0.416 e. The minimum absolute atomic E-state index is 0.113. The first-order chi connectivity index (χ1) is 17.3. The molecule has 4 rings (SSSR count). The van der Waals surface area contributed by atoms with E-state index in [0.29, 0.717) is 49.1 Å². The van der Waals surface area contributed by atoms with E-state index in [0.717, 1.165) is 12.1 Å². The number of rotatable bonds is 6. The van der Waals surface area contributed by atoms with Crippen LogP contribution in [0.5, 0.6) is 0 Å². The summed E-state index contributed by atoms with van der Waals surface area (Å²) in [6, 6.07) is 14.3. The van der Waals surface area contributed by atoms with E-state index in [1.54, 1.807) is 48.7 Å². The summed E-state index contributed by atoms with van der Waals surface area (Å²) in [6.45, 7) is 2.53. The molecule has 7 nitrogen and oxygen atoms in total. The van der Waals surface area contributed by atoms with Gasteiger partial charge in [-0.1, -0.05) is 18.2 Å². The van der Waals surface area contributed by atoms with Gasteiger partial charge >= 0.3 is 6.18 Å². The molecular weight excluding hydrogens is 473 g/mol. The molecule has 1 saturated heterocycles. The van der Waals surface area contributed by atoms with Crippen LogP contribution in [0.1, 0.15) is 21.5 Å². The summed E-state index contributed by atoms with van der Waals surface area (Å²) >= 11 is 0. The van der Waals surface area contributed by atoms with E-state index in [1.165, 1.54) is 18.2 Å². The summed E-state index contributed by atoms with van der Waals surface area (Å²) in [7, 11) is 0. The Labute approximate surface area is 205 Å². The topological polar surface area (TPSA) is 83.6 Å². The fourth-order valence-electron chi connectivity index (χ4n) is 3.63. The predicted octanol–water partition coefficient (Wildman–Crippen LogP) is 4.84. The first-order valence-electron chi connectivity index (χ1n) is 11.1. The van der Waals surface area contributed by atoms with E-state index in [9.17, 15) is 22.8 Å². The van der Waals surface area contributed by atoms with Gasteiger partial charge in [-0.05, 0) is 54.1 Å². The zero-order valence-corrected chi connectivity index (χ0v) is 19.1. The minimum atomic E-state index is -4.54. The summed E-state index contributed by atoms with van der Waals surface area (Å²) in [5.41, 5.74) is 0.561. The van der Waals surface area contributed by atoms with Crippen LogP contribution in [0.3, 0.4) is 0 Å². The van der Waals surface area contributed by atoms with Gasteiger partial charge in [0.15, 0.2) is 5.82 Å². The molecule has 2 N–H and O–H groups in total. The Morgan fingerprint density at radius 1 is 0.972 bits per heavy atom. The molecule has 0 saturated carbocycles. The third-order valence-corrected chi connectivity index (χ3v) is 5.38. The van der Waals surface area contributed by atoms with Crippen molar-refractivity contribution in [3.05, 3.63) is 89.6 Å². The lowest BCUT2D eigenvalue weighted by molar-refractivity contribution is -0.137. The van der Waals surface area contributed by atoms with Crippen molar-refractivity contribution in [3.63, 3.8) is 0 Å².